The maximum absolute atomic E-state index is 6.99. The standard InChI is InChI=1S/C42H25BN2O/c1-2-12-26(13-3-1)44-36-19-9-5-16-29(36)32-25-40-33(24-39(32)44)30-22-23-35-41(42(30)46-40)31-17-7-11-21-38(31)45-37-20-10-6-15-28(37)27-14-4-8-18-34(27)43(35)45/h1-25H. The third kappa shape index (κ3) is 3.03. The largest absolute Gasteiger partial charge is 0.455 e. The van der Waals surface area contributed by atoms with Gasteiger partial charge in [-0.3, -0.25) is 0 Å². The van der Waals surface area contributed by atoms with Crippen LogP contribution in [0.5, 0.6) is 0 Å². The first-order valence-corrected chi connectivity index (χ1v) is 15.9. The summed E-state index contributed by atoms with van der Waals surface area (Å²) in [7, 11) is 0. The van der Waals surface area contributed by atoms with E-state index in [1.54, 1.807) is 0 Å². The molecule has 0 spiro atoms. The molecule has 0 aliphatic carbocycles. The number of furan rings is 1. The lowest BCUT2D eigenvalue weighted by molar-refractivity contribution is 0.671. The molecule has 11 rings (SSSR count). The minimum Gasteiger partial charge on any atom is -0.455 e. The SMILES string of the molecule is c1ccc(-n2c3ccccc3c3cc4oc5c6c(ccc5c4cc32)B2c3ccccc3-c3ccccc3N2c2ccccc2-6)cc1. The maximum Gasteiger partial charge on any atom is 0.329 e. The van der Waals surface area contributed by atoms with Crippen molar-refractivity contribution in [3.8, 4) is 27.9 Å². The van der Waals surface area contributed by atoms with Gasteiger partial charge in [-0.2, -0.15) is 0 Å². The lowest BCUT2D eigenvalue weighted by atomic mass is 9.43. The van der Waals surface area contributed by atoms with Crippen molar-refractivity contribution in [1.29, 1.82) is 0 Å². The van der Waals surface area contributed by atoms with Crippen LogP contribution in [0.2, 0.25) is 0 Å². The van der Waals surface area contributed by atoms with Crippen LogP contribution in [-0.4, -0.2) is 11.4 Å². The van der Waals surface area contributed by atoms with Gasteiger partial charge in [-0.05, 0) is 59.0 Å². The Hall–Kier alpha value is -6.00. The van der Waals surface area contributed by atoms with Crippen LogP contribution >= 0.6 is 0 Å². The van der Waals surface area contributed by atoms with Gasteiger partial charge in [0.05, 0.1) is 11.0 Å². The minimum absolute atomic E-state index is 0.0408. The van der Waals surface area contributed by atoms with Gasteiger partial charge in [0.25, 0.3) is 0 Å². The monoisotopic (exact) mass is 584 g/mol. The maximum atomic E-state index is 6.99. The summed E-state index contributed by atoms with van der Waals surface area (Å²) in [5, 5.41) is 4.71. The van der Waals surface area contributed by atoms with Crippen molar-refractivity contribution in [3.63, 3.8) is 0 Å². The molecule has 0 amide bonds. The highest BCUT2D eigenvalue weighted by Crippen LogP contribution is 2.48. The van der Waals surface area contributed by atoms with Crippen LogP contribution in [-0.2, 0) is 0 Å². The third-order valence-electron chi connectivity index (χ3n) is 10.2. The van der Waals surface area contributed by atoms with Crippen LogP contribution in [0.3, 0.4) is 0 Å². The Morgan fingerprint density at radius 1 is 0.457 bits per heavy atom. The van der Waals surface area contributed by atoms with Gasteiger partial charge in [-0.1, -0.05) is 109 Å². The van der Waals surface area contributed by atoms with E-state index in [2.05, 4.69) is 161 Å². The number of para-hydroxylation sites is 4. The summed E-state index contributed by atoms with van der Waals surface area (Å²) in [6.45, 7) is 0.0408. The van der Waals surface area contributed by atoms with E-state index >= 15 is 0 Å². The molecule has 0 fully saturated rings. The van der Waals surface area contributed by atoms with E-state index in [9.17, 15) is 0 Å². The molecule has 4 heterocycles. The van der Waals surface area contributed by atoms with E-state index in [4.69, 9.17) is 4.42 Å². The molecular formula is C42H25BN2O. The van der Waals surface area contributed by atoms with E-state index in [1.165, 1.54) is 66.4 Å². The fourth-order valence-corrected chi connectivity index (χ4v) is 8.32. The predicted octanol–water partition coefficient (Wildman–Crippen LogP) is 9.59. The van der Waals surface area contributed by atoms with Crippen LogP contribution in [0, 0.1) is 0 Å². The van der Waals surface area contributed by atoms with Crippen molar-refractivity contribution in [2.24, 2.45) is 0 Å². The number of rotatable bonds is 1. The first kappa shape index (κ1) is 24.3. The van der Waals surface area contributed by atoms with Crippen LogP contribution in [0.25, 0.3) is 71.7 Å². The van der Waals surface area contributed by atoms with Gasteiger partial charge in [0.15, 0.2) is 0 Å². The summed E-state index contributed by atoms with van der Waals surface area (Å²) < 4.78 is 9.37. The van der Waals surface area contributed by atoms with Crippen molar-refractivity contribution in [1.82, 2.24) is 4.57 Å². The van der Waals surface area contributed by atoms with Crippen LogP contribution in [0.1, 0.15) is 0 Å². The zero-order chi connectivity index (χ0) is 29.9. The molecule has 0 radical (unpaired) electrons. The van der Waals surface area contributed by atoms with Crippen molar-refractivity contribution in [2.75, 3.05) is 4.81 Å². The highest BCUT2D eigenvalue weighted by atomic mass is 16.3. The Kier molecular flexibility index (Phi) is 4.66. The Labute approximate surface area is 265 Å². The molecule has 9 aromatic rings. The number of benzene rings is 7. The Bertz CT molecular complexity index is 2720. The molecule has 0 saturated carbocycles. The van der Waals surface area contributed by atoms with Crippen LogP contribution in [0.4, 0.5) is 11.4 Å². The fourth-order valence-electron chi connectivity index (χ4n) is 8.32. The molecule has 0 unspecified atom stereocenters. The first-order valence-electron chi connectivity index (χ1n) is 15.9. The summed E-state index contributed by atoms with van der Waals surface area (Å²) in [5.41, 5.74) is 15.4. The van der Waals surface area contributed by atoms with Crippen LogP contribution in [0.15, 0.2) is 156 Å². The number of hydrogen-bond acceptors (Lipinski definition) is 2. The zero-order valence-corrected chi connectivity index (χ0v) is 24.8. The second kappa shape index (κ2) is 8.80. The molecule has 4 heteroatoms. The third-order valence-corrected chi connectivity index (χ3v) is 10.2. The lowest BCUT2D eigenvalue weighted by Crippen LogP contribution is -2.59. The van der Waals surface area contributed by atoms with E-state index < -0.39 is 0 Å². The van der Waals surface area contributed by atoms with E-state index in [0.29, 0.717) is 0 Å². The Morgan fingerprint density at radius 2 is 1.15 bits per heavy atom. The van der Waals surface area contributed by atoms with Crippen molar-refractivity contribution >= 4 is 72.9 Å². The van der Waals surface area contributed by atoms with Gasteiger partial charge >= 0.3 is 6.85 Å². The van der Waals surface area contributed by atoms with Crippen molar-refractivity contribution < 1.29 is 4.42 Å². The smallest absolute Gasteiger partial charge is 0.329 e. The highest BCUT2D eigenvalue weighted by Gasteiger charge is 2.43. The summed E-state index contributed by atoms with van der Waals surface area (Å²) in [6.07, 6.45) is 0. The number of aromatic nitrogens is 1. The molecule has 0 saturated heterocycles. The van der Waals surface area contributed by atoms with Gasteiger partial charge < -0.3 is 13.8 Å². The highest BCUT2D eigenvalue weighted by molar-refractivity contribution is 6.92. The van der Waals surface area contributed by atoms with Gasteiger partial charge in [-0.15, -0.1) is 0 Å². The molecule has 46 heavy (non-hydrogen) atoms. The normalized spacial score (nSPS) is 13.1. The number of nitrogens with zero attached hydrogens (tertiary/aromatic N) is 2. The molecule has 7 aromatic carbocycles. The van der Waals surface area contributed by atoms with Gasteiger partial charge in [-0.25, -0.2) is 0 Å². The summed E-state index contributed by atoms with van der Waals surface area (Å²) in [4.78, 5) is 2.53. The van der Waals surface area contributed by atoms with E-state index in [-0.39, 0.29) is 6.85 Å². The summed E-state index contributed by atoms with van der Waals surface area (Å²) in [6, 6.07) is 55.1. The molecule has 2 aliphatic rings. The first-order chi connectivity index (χ1) is 22.8. The second-order valence-electron chi connectivity index (χ2n) is 12.5. The average molecular weight is 584 g/mol. The molecule has 0 N–H and O–H groups in total. The fraction of sp³-hybridized carbons (Fsp3) is 0. The predicted molar refractivity (Wildman–Crippen MR) is 193 cm³/mol. The molecule has 2 aromatic heterocycles. The number of hydrogen-bond donors (Lipinski definition) is 0. The zero-order valence-electron chi connectivity index (χ0n) is 24.8. The molecule has 212 valence electrons. The van der Waals surface area contributed by atoms with Crippen LogP contribution < -0.4 is 15.7 Å². The quantitative estimate of drug-likeness (QED) is 0.179. The minimum atomic E-state index is 0.0408. The summed E-state index contributed by atoms with van der Waals surface area (Å²) >= 11 is 0. The Morgan fingerprint density at radius 3 is 2.02 bits per heavy atom. The van der Waals surface area contributed by atoms with E-state index in [0.717, 1.165) is 27.6 Å². The number of fused-ring (bicyclic) bond motifs is 18. The van der Waals surface area contributed by atoms with Crippen molar-refractivity contribution in [2.45, 2.75) is 0 Å². The second-order valence-corrected chi connectivity index (χ2v) is 12.5. The lowest BCUT2D eigenvalue weighted by Gasteiger charge is -2.43. The van der Waals surface area contributed by atoms with Gasteiger partial charge in [0, 0.05) is 55.3 Å². The topological polar surface area (TPSA) is 21.3 Å². The Balaban J connectivity index is 1.24. The molecule has 2 aliphatic heterocycles. The average Bonchev–Trinajstić information content (AvgIpc) is 3.65. The molecule has 0 bridgehead atoms. The van der Waals surface area contributed by atoms with E-state index in [1.807, 2.05) is 0 Å². The van der Waals surface area contributed by atoms with Gasteiger partial charge in [0.1, 0.15) is 11.2 Å². The molecule has 3 nitrogen and oxygen atoms in total. The summed E-state index contributed by atoms with van der Waals surface area (Å²) in [5.74, 6) is 0. The van der Waals surface area contributed by atoms with Crippen molar-refractivity contribution in [3.05, 3.63) is 152 Å². The molecule has 0 atom stereocenters. The molecular weight excluding hydrogens is 559 g/mol. The van der Waals surface area contributed by atoms with Gasteiger partial charge in [0.2, 0.25) is 0 Å². The number of anilines is 2.